The molecule has 6 heteroatoms. The number of anilines is 1. The Balaban J connectivity index is 1.69. The van der Waals surface area contributed by atoms with Gasteiger partial charge in [-0.25, -0.2) is 0 Å². The average molecular weight is 443 g/mol. The van der Waals surface area contributed by atoms with Gasteiger partial charge in [-0.2, -0.15) is 0 Å². The number of rotatable bonds is 6. The molecule has 1 heterocycles. The quantitative estimate of drug-likeness (QED) is 0.431. The van der Waals surface area contributed by atoms with Crippen LogP contribution in [-0.2, 0) is 4.79 Å². The van der Waals surface area contributed by atoms with E-state index in [0.717, 1.165) is 16.7 Å². The summed E-state index contributed by atoms with van der Waals surface area (Å²) in [5, 5.41) is 3.22. The van der Waals surface area contributed by atoms with E-state index in [2.05, 4.69) is 5.32 Å². The molecule has 6 nitrogen and oxygen atoms in total. The van der Waals surface area contributed by atoms with Crippen molar-refractivity contribution in [3.05, 3.63) is 87.6 Å². The van der Waals surface area contributed by atoms with E-state index in [0.29, 0.717) is 28.0 Å². The van der Waals surface area contributed by atoms with Gasteiger partial charge in [-0.15, -0.1) is 0 Å². The van der Waals surface area contributed by atoms with E-state index in [1.54, 1.807) is 43.5 Å². The smallest absolute Gasteiger partial charge is 0.262 e. The summed E-state index contributed by atoms with van der Waals surface area (Å²) in [5.74, 6) is 0.560. The summed E-state index contributed by atoms with van der Waals surface area (Å²) in [5.41, 5.74) is 4.44. The lowest BCUT2D eigenvalue weighted by atomic mass is 10.1. The fourth-order valence-corrected chi connectivity index (χ4v) is 3.74. The van der Waals surface area contributed by atoms with Gasteiger partial charge in [-0.3, -0.25) is 9.59 Å². The predicted molar refractivity (Wildman–Crippen MR) is 129 cm³/mol. The first-order chi connectivity index (χ1) is 15.8. The van der Waals surface area contributed by atoms with Crippen molar-refractivity contribution in [2.45, 2.75) is 20.8 Å². The van der Waals surface area contributed by atoms with Gasteiger partial charge >= 0.3 is 0 Å². The van der Waals surface area contributed by atoms with Gasteiger partial charge in [0.1, 0.15) is 11.3 Å². The van der Waals surface area contributed by atoms with Crippen LogP contribution in [-0.4, -0.2) is 19.6 Å². The number of nitrogens with one attached hydrogen (secondary N) is 1. The molecule has 0 aliphatic rings. The predicted octanol–water partition coefficient (Wildman–Crippen LogP) is 5.41. The number of fused-ring (bicyclic) bond motifs is 1. The van der Waals surface area contributed by atoms with E-state index >= 15 is 0 Å². The summed E-state index contributed by atoms with van der Waals surface area (Å²) in [7, 11) is 1.58. The van der Waals surface area contributed by atoms with Crippen LogP contribution in [0.2, 0.25) is 0 Å². The van der Waals surface area contributed by atoms with Gasteiger partial charge in [0.25, 0.3) is 5.91 Å². The van der Waals surface area contributed by atoms with Crippen molar-refractivity contribution >= 4 is 22.6 Å². The zero-order valence-corrected chi connectivity index (χ0v) is 19.0. The molecule has 0 aliphatic heterocycles. The maximum absolute atomic E-state index is 13.3. The Labute approximate surface area is 191 Å². The summed E-state index contributed by atoms with van der Waals surface area (Å²) in [6, 6.07) is 18.3. The molecule has 1 N–H and O–H groups in total. The summed E-state index contributed by atoms with van der Waals surface area (Å²) in [4.78, 5) is 25.9. The summed E-state index contributed by atoms with van der Waals surface area (Å²) < 4.78 is 17.1. The van der Waals surface area contributed by atoms with Crippen molar-refractivity contribution in [3.63, 3.8) is 0 Å². The van der Waals surface area contributed by atoms with E-state index in [9.17, 15) is 9.59 Å². The molecule has 1 amide bonds. The van der Waals surface area contributed by atoms with Crippen LogP contribution >= 0.6 is 0 Å². The number of carbonyl (C=O) groups excluding carboxylic acids is 1. The molecule has 1 aromatic heterocycles. The van der Waals surface area contributed by atoms with Crippen LogP contribution in [0, 0.1) is 20.8 Å². The Kier molecular flexibility index (Phi) is 6.18. The summed E-state index contributed by atoms with van der Waals surface area (Å²) in [6.07, 6.45) is 0. The number of aryl methyl sites for hydroxylation is 3. The first-order valence-electron chi connectivity index (χ1n) is 10.6. The fourth-order valence-electron chi connectivity index (χ4n) is 3.74. The first-order valence-corrected chi connectivity index (χ1v) is 10.6. The third kappa shape index (κ3) is 4.90. The lowest BCUT2D eigenvalue weighted by molar-refractivity contribution is -0.118. The molecule has 0 fully saturated rings. The molecule has 168 valence electrons. The standard InChI is InChI=1S/C27H25NO5/c1-16-5-10-23-22(14-16)25(30)27(26(33-23)19-6-8-21(31-4)9-7-19)32-15-24(29)28-20-12-17(2)11-18(3)13-20/h5-14H,15H2,1-4H3,(H,28,29). The van der Waals surface area contributed by atoms with Gasteiger partial charge < -0.3 is 19.2 Å². The van der Waals surface area contributed by atoms with Crippen LogP contribution in [0.3, 0.4) is 0 Å². The van der Waals surface area contributed by atoms with E-state index < -0.39 is 0 Å². The minimum atomic E-state index is -0.371. The number of methoxy groups -OCH3 is 1. The van der Waals surface area contributed by atoms with Gasteiger partial charge in [0.05, 0.1) is 12.5 Å². The second kappa shape index (κ2) is 9.20. The highest BCUT2D eigenvalue weighted by atomic mass is 16.5. The number of benzene rings is 3. The van der Waals surface area contributed by atoms with E-state index in [4.69, 9.17) is 13.9 Å². The zero-order valence-electron chi connectivity index (χ0n) is 19.0. The van der Waals surface area contributed by atoms with Gasteiger partial charge in [0, 0.05) is 11.3 Å². The van der Waals surface area contributed by atoms with Crippen molar-refractivity contribution in [3.8, 4) is 22.8 Å². The molecule has 0 radical (unpaired) electrons. The Hall–Kier alpha value is -4.06. The lowest BCUT2D eigenvalue weighted by Crippen LogP contribution is -2.22. The minimum Gasteiger partial charge on any atom is -0.497 e. The van der Waals surface area contributed by atoms with Crippen molar-refractivity contribution in [1.29, 1.82) is 0 Å². The Morgan fingerprint density at radius 2 is 1.61 bits per heavy atom. The van der Waals surface area contributed by atoms with Crippen LogP contribution in [0.5, 0.6) is 11.5 Å². The van der Waals surface area contributed by atoms with Crippen LogP contribution in [0.1, 0.15) is 16.7 Å². The highest BCUT2D eigenvalue weighted by Crippen LogP contribution is 2.32. The molecule has 0 atom stereocenters. The number of hydrogen-bond acceptors (Lipinski definition) is 5. The average Bonchev–Trinajstić information content (AvgIpc) is 2.78. The fraction of sp³-hybridized carbons (Fsp3) is 0.185. The molecule has 33 heavy (non-hydrogen) atoms. The highest BCUT2D eigenvalue weighted by Gasteiger charge is 2.19. The molecule has 0 saturated carbocycles. The van der Waals surface area contributed by atoms with Crippen LogP contribution in [0.4, 0.5) is 5.69 Å². The normalized spacial score (nSPS) is 10.8. The zero-order chi connectivity index (χ0) is 23.5. The van der Waals surface area contributed by atoms with E-state index in [-0.39, 0.29) is 29.5 Å². The molecule has 0 aliphatic carbocycles. The van der Waals surface area contributed by atoms with Crippen molar-refractivity contribution in [1.82, 2.24) is 0 Å². The molecule has 0 saturated heterocycles. The Morgan fingerprint density at radius 1 is 0.909 bits per heavy atom. The molecular weight excluding hydrogens is 418 g/mol. The minimum absolute atomic E-state index is 0.00570. The van der Waals surface area contributed by atoms with Crippen LogP contribution in [0.15, 0.2) is 69.9 Å². The van der Waals surface area contributed by atoms with Gasteiger partial charge in [0.15, 0.2) is 12.4 Å². The second-order valence-electron chi connectivity index (χ2n) is 8.03. The highest BCUT2D eigenvalue weighted by molar-refractivity contribution is 5.92. The second-order valence-corrected chi connectivity index (χ2v) is 8.03. The monoisotopic (exact) mass is 443 g/mol. The largest absolute Gasteiger partial charge is 0.497 e. The number of amides is 1. The topological polar surface area (TPSA) is 77.8 Å². The molecule has 0 spiro atoms. The third-order valence-electron chi connectivity index (χ3n) is 5.21. The maximum Gasteiger partial charge on any atom is 0.262 e. The summed E-state index contributed by atoms with van der Waals surface area (Å²) in [6.45, 7) is 5.48. The third-order valence-corrected chi connectivity index (χ3v) is 5.21. The molecule has 0 unspecified atom stereocenters. The Morgan fingerprint density at radius 3 is 2.27 bits per heavy atom. The number of hydrogen-bond donors (Lipinski definition) is 1. The van der Waals surface area contributed by atoms with Gasteiger partial charge in [-0.1, -0.05) is 17.7 Å². The number of ether oxygens (including phenoxy) is 2. The molecule has 3 aromatic carbocycles. The molecular formula is C27H25NO5. The Bertz CT molecular complexity index is 1370. The van der Waals surface area contributed by atoms with Gasteiger partial charge in [-0.05, 0) is 80.4 Å². The maximum atomic E-state index is 13.3. The van der Waals surface area contributed by atoms with Crippen LogP contribution < -0.4 is 20.2 Å². The van der Waals surface area contributed by atoms with E-state index in [1.807, 2.05) is 45.0 Å². The van der Waals surface area contributed by atoms with Crippen molar-refractivity contribution in [2.24, 2.45) is 0 Å². The number of carbonyl (C=O) groups is 1. The van der Waals surface area contributed by atoms with E-state index in [1.165, 1.54) is 0 Å². The molecule has 4 aromatic rings. The molecule has 4 rings (SSSR count). The summed E-state index contributed by atoms with van der Waals surface area (Å²) >= 11 is 0. The lowest BCUT2D eigenvalue weighted by Gasteiger charge is -2.13. The van der Waals surface area contributed by atoms with Crippen LogP contribution in [0.25, 0.3) is 22.3 Å². The molecule has 0 bridgehead atoms. The first kappa shape index (κ1) is 22.1. The van der Waals surface area contributed by atoms with Crippen molar-refractivity contribution in [2.75, 3.05) is 19.0 Å². The van der Waals surface area contributed by atoms with Gasteiger partial charge in [0.2, 0.25) is 11.2 Å². The van der Waals surface area contributed by atoms with Crippen molar-refractivity contribution < 1.29 is 18.7 Å². The SMILES string of the molecule is COc1ccc(-c2oc3ccc(C)cc3c(=O)c2OCC(=O)Nc2cc(C)cc(C)c2)cc1.